The Hall–Kier alpha value is -2.10. The summed E-state index contributed by atoms with van der Waals surface area (Å²) in [6, 6.07) is 10.0. The summed E-state index contributed by atoms with van der Waals surface area (Å²) in [5.74, 6) is 0.553. The molecule has 0 radical (unpaired) electrons. The van der Waals surface area contributed by atoms with Gasteiger partial charge in [0.1, 0.15) is 11.6 Å². The van der Waals surface area contributed by atoms with Crippen LogP contribution >= 0.6 is 0 Å². The van der Waals surface area contributed by atoms with Gasteiger partial charge >= 0.3 is 0 Å². The minimum atomic E-state index is -0.268. The van der Waals surface area contributed by atoms with Gasteiger partial charge in [0, 0.05) is 19.4 Å². The summed E-state index contributed by atoms with van der Waals surface area (Å²) in [7, 11) is 0. The Morgan fingerprint density at radius 3 is 2.84 bits per heavy atom. The smallest absolute Gasteiger partial charge is 0.220 e. The maximum atomic E-state index is 12.9. The molecule has 19 heavy (non-hydrogen) atoms. The predicted molar refractivity (Wildman–Crippen MR) is 70.1 cm³/mol. The molecule has 100 valence electrons. The highest BCUT2D eigenvalue weighted by Gasteiger charge is 2.03. The van der Waals surface area contributed by atoms with Crippen molar-refractivity contribution in [1.82, 2.24) is 5.32 Å². The molecule has 0 saturated heterocycles. The van der Waals surface area contributed by atoms with Crippen LogP contribution in [0.15, 0.2) is 47.1 Å². The molecule has 0 aliphatic carbocycles. The first-order chi connectivity index (χ1) is 9.24. The molecule has 1 N–H and O–H groups in total. The van der Waals surface area contributed by atoms with Gasteiger partial charge in [0.05, 0.1) is 6.26 Å². The number of hydrogen-bond donors (Lipinski definition) is 1. The Balaban J connectivity index is 1.67. The molecule has 1 aromatic carbocycles. The van der Waals surface area contributed by atoms with E-state index in [0.29, 0.717) is 25.8 Å². The summed E-state index contributed by atoms with van der Waals surface area (Å²) in [4.78, 5) is 11.6. The van der Waals surface area contributed by atoms with Gasteiger partial charge in [-0.15, -0.1) is 0 Å². The molecule has 0 unspecified atom stereocenters. The average Bonchev–Trinajstić information content (AvgIpc) is 2.90. The Labute approximate surface area is 111 Å². The van der Waals surface area contributed by atoms with Gasteiger partial charge in [-0.1, -0.05) is 12.1 Å². The van der Waals surface area contributed by atoms with E-state index in [1.807, 2.05) is 18.2 Å². The molecule has 3 nitrogen and oxygen atoms in total. The number of nitrogens with one attached hydrogen (secondary N) is 1. The van der Waals surface area contributed by atoms with Crippen molar-refractivity contribution >= 4 is 5.91 Å². The third-order valence-electron chi connectivity index (χ3n) is 2.80. The van der Waals surface area contributed by atoms with Crippen LogP contribution in [0.2, 0.25) is 0 Å². The highest BCUT2D eigenvalue weighted by molar-refractivity contribution is 5.76. The molecule has 0 aliphatic heterocycles. The monoisotopic (exact) mass is 261 g/mol. The van der Waals surface area contributed by atoms with Crippen molar-refractivity contribution in [3.8, 4) is 0 Å². The highest BCUT2D eigenvalue weighted by Crippen LogP contribution is 2.06. The quantitative estimate of drug-likeness (QED) is 0.868. The van der Waals surface area contributed by atoms with E-state index < -0.39 is 0 Å². The SMILES string of the molecule is O=C(CCc1cccc(F)c1)NCCc1ccco1. The van der Waals surface area contributed by atoms with Gasteiger partial charge in [-0.2, -0.15) is 0 Å². The summed E-state index contributed by atoms with van der Waals surface area (Å²) < 4.78 is 18.1. The Morgan fingerprint density at radius 1 is 1.21 bits per heavy atom. The lowest BCUT2D eigenvalue weighted by molar-refractivity contribution is -0.121. The molecule has 0 bridgehead atoms. The van der Waals surface area contributed by atoms with E-state index in [1.54, 1.807) is 12.3 Å². The van der Waals surface area contributed by atoms with Crippen molar-refractivity contribution in [2.24, 2.45) is 0 Å². The minimum absolute atomic E-state index is 0.0317. The van der Waals surface area contributed by atoms with E-state index in [4.69, 9.17) is 4.42 Å². The molecule has 0 aliphatic rings. The predicted octanol–water partition coefficient (Wildman–Crippen LogP) is 2.71. The average molecular weight is 261 g/mol. The highest BCUT2D eigenvalue weighted by atomic mass is 19.1. The van der Waals surface area contributed by atoms with Gasteiger partial charge in [-0.25, -0.2) is 4.39 Å². The maximum Gasteiger partial charge on any atom is 0.220 e. The second kappa shape index (κ2) is 6.73. The number of aryl methyl sites for hydroxylation is 1. The zero-order valence-electron chi connectivity index (χ0n) is 10.6. The van der Waals surface area contributed by atoms with Gasteiger partial charge in [-0.05, 0) is 36.2 Å². The van der Waals surface area contributed by atoms with Crippen molar-refractivity contribution in [3.05, 3.63) is 59.8 Å². The van der Waals surface area contributed by atoms with Crippen molar-refractivity contribution in [3.63, 3.8) is 0 Å². The largest absolute Gasteiger partial charge is 0.469 e. The van der Waals surface area contributed by atoms with E-state index >= 15 is 0 Å². The third kappa shape index (κ3) is 4.58. The van der Waals surface area contributed by atoms with E-state index in [9.17, 15) is 9.18 Å². The van der Waals surface area contributed by atoms with E-state index in [2.05, 4.69) is 5.32 Å². The van der Waals surface area contributed by atoms with Crippen LogP contribution in [0.25, 0.3) is 0 Å². The zero-order valence-corrected chi connectivity index (χ0v) is 10.6. The second-order valence-electron chi connectivity index (χ2n) is 4.31. The number of carbonyl (C=O) groups is 1. The molecular formula is C15H16FNO2. The lowest BCUT2D eigenvalue weighted by Gasteiger charge is -2.04. The van der Waals surface area contributed by atoms with E-state index in [0.717, 1.165) is 11.3 Å². The molecule has 0 fully saturated rings. The standard InChI is InChI=1S/C15H16FNO2/c16-13-4-1-3-12(11-13)6-7-15(18)17-9-8-14-5-2-10-19-14/h1-5,10-11H,6-9H2,(H,17,18). The number of hydrogen-bond acceptors (Lipinski definition) is 2. The number of halogens is 1. The molecule has 1 amide bonds. The van der Waals surface area contributed by atoms with Crippen molar-refractivity contribution < 1.29 is 13.6 Å². The Morgan fingerprint density at radius 2 is 2.11 bits per heavy atom. The summed E-state index contributed by atoms with van der Waals surface area (Å²) in [5, 5.41) is 2.81. The van der Waals surface area contributed by atoms with Crippen molar-refractivity contribution in [2.75, 3.05) is 6.54 Å². The first-order valence-corrected chi connectivity index (χ1v) is 6.27. The van der Waals surface area contributed by atoms with Crippen LogP contribution < -0.4 is 5.32 Å². The molecule has 0 saturated carbocycles. The second-order valence-corrected chi connectivity index (χ2v) is 4.31. The Bertz CT molecular complexity index is 523. The molecular weight excluding hydrogens is 245 g/mol. The van der Waals surface area contributed by atoms with Gasteiger partial charge in [0.2, 0.25) is 5.91 Å². The fourth-order valence-electron chi connectivity index (χ4n) is 1.82. The number of benzene rings is 1. The lowest BCUT2D eigenvalue weighted by Crippen LogP contribution is -2.25. The Kier molecular flexibility index (Phi) is 4.72. The van der Waals surface area contributed by atoms with Gasteiger partial charge in [0.15, 0.2) is 0 Å². The third-order valence-corrected chi connectivity index (χ3v) is 2.80. The zero-order chi connectivity index (χ0) is 13.5. The molecule has 4 heteroatoms. The summed E-state index contributed by atoms with van der Waals surface area (Å²) in [6.45, 7) is 0.551. The number of amides is 1. The summed E-state index contributed by atoms with van der Waals surface area (Å²) in [5.41, 5.74) is 0.834. The van der Waals surface area contributed by atoms with Gasteiger partial charge < -0.3 is 9.73 Å². The number of carbonyl (C=O) groups excluding carboxylic acids is 1. The van der Waals surface area contributed by atoms with Crippen LogP contribution in [0, 0.1) is 5.82 Å². The first kappa shape index (κ1) is 13.3. The van der Waals surface area contributed by atoms with Crippen LogP contribution in [0.5, 0.6) is 0 Å². The fourth-order valence-corrected chi connectivity index (χ4v) is 1.82. The summed E-state index contributed by atoms with van der Waals surface area (Å²) >= 11 is 0. The van der Waals surface area contributed by atoms with Gasteiger partial charge in [-0.3, -0.25) is 4.79 Å². The molecule has 2 rings (SSSR count). The van der Waals surface area contributed by atoms with Crippen LogP contribution in [-0.4, -0.2) is 12.5 Å². The van der Waals surface area contributed by atoms with E-state index in [-0.39, 0.29) is 11.7 Å². The van der Waals surface area contributed by atoms with Crippen molar-refractivity contribution in [1.29, 1.82) is 0 Å². The van der Waals surface area contributed by atoms with Crippen LogP contribution in [0.3, 0.4) is 0 Å². The fraction of sp³-hybridized carbons (Fsp3) is 0.267. The normalized spacial score (nSPS) is 10.4. The molecule has 0 atom stereocenters. The van der Waals surface area contributed by atoms with Gasteiger partial charge in [0.25, 0.3) is 0 Å². The molecule has 2 aromatic rings. The molecule has 1 aromatic heterocycles. The molecule has 0 spiro atoms. The van der Waals surface area contributed by atoms with Crippen LogP contribution in [0.1, 0.15) is 17.7 Å². The summed E-state index contributed by atoms with van der Waals surface area (Å²) in [6.07, 6.45) is 3.20. The minimum Gasteiger partial charge on any atom is -0.469 e. The maximum absolute atomic E-state index is 12.9. The van der Waals surface area contributed by atoms with E-state index in [1.165, 1.54) is 12.1 Å². The molecule has 1 heterocycles. The number of furan rings is 1. The number of rotatable bonds is 6. The lowest BCUT2D eigenvalue weighted by atomic mass is 10.1. The van der Waals surface area contributed by atoms with Crippen LogP contribution in [0.4, 0.5) is 4.39 Å². The van der Waals surface area contributed by atoms with Crippen LogP contribution in [-0.2, 0) is 17.6 Å². The topological polar surface area (TPSA) is 42.2 Å². The first-order valence-electron chi connectivity index (χ1n) is 6.27. The van der Waals surface area contributed by atoms with Crippen molar-refractivity contribution in [2.45, 2.75) is 19.3 Å².